The van der Waals surface area contributed by atoms with E-state index in [2.05, 4.69) is 16.3 Å². The van der Waals surface area contributed by atoms with E-state index in [0.29, 0.717) is 24.0 Å². The molecule has 1 aromatic carbocycles. The summed E-state index contributed by atoms with van der Waals surface area (Å²) < 4.78 is 11.2. The third-order valence-electron chi connectivity index (χ3n) is 4.57. The van der Waals surface area contributed by atoms with E-state index in [1.54, 1.807) is 0 Å². The summed E-state index contributed by atoms with van der Waals surface area (Å²) in [6.45, 7) is 5.58. The van der Waals surface area contributed by atoms with Crippen molar-refractivity contribution in [1.82, 2.24) is 10.2 Å². The Bertz CT molecular complexity index is 506. The molecule has 1 saturated heterocycles. The molecular formula is C17H26Cl2N2O2. The fourth-order valence-corrected chi connectivity index (χ4v) is 3.58. The molecule has 130 valence electrons. The van der Waals surface area contributed by atoms with Gasteiger partial charge in [-0.3, -0.25) is 4.90 Å². The molecule has 23 heavy (non-hydrogen) atoms. The molecule has 0 saturated carbocycles. The van der Waals surface area contributed by atoms with Crippen LogP contribution in [-0.2, 0) is 6.54 Å². The molecule has 1 fully saturated rings. The first-order chi connectivity index (χ1) is 10.8. The number of nitrogens with one attached hydrogen (secondary N) is 1. The highest BCUT2D eigenvalue weighted by atomic mass is 35.5. The summed E-state index contributed by atoms with van der Waals surface area (Å²) >= 11 is 6.31. The number of piperidine rings is 1. The maximum atomic E-state index is 6.31. The lowest BCUT2D eigenvalue weighted by atomic mass is 9.93. The number of halogens is 2. The summed E-state index contributed by atoms with van der Waals surface area (Å²) in [7, 11) is 2.03. The zero-order chi connectivity index (χ0) is 15.4. The fourth-order valence-electron chi connectivity index (χ4n) is 3.30. The van der Waals surface area contributed by atoms with Gasteiger partial charge in [-0.2, -0.15) is 0 Å². The van der Waals surface area contributed by atoms with Crippen LogP contribution >= 0.6 is 24.0 Å². The van der Waals surface area contributed by atoms with Gasteiger partial charge in [-0.25, -0.2) is 0 Å². The zero-order valence-corrected chi connectivity index (χ0v) is 15.2. The Balaban J connectivity index is 0.00000192. The minimum atomic E-state index is 0. The van der Waals surface area contributed by atoms with Crippen LogP contribution in [0.5, 0.6) is 11.5 Å². The Morgan fingerprint density at radius 1 is 1.22 bits per heavy atom. The number of fused-ring (bicyclic) bond motifs is 1. The maximum absolute atomic E-state index is 6.31. The Kier molecular flexibility index (Phi) is 7.28. The van der Waals surface area contributed by atoms with Crippen LogP contribution in [0.3, 0.4) is 0 Å². The molecule has 0 amide bonds. The van der Waals surface area contributed by atoms with Crippen molar-refractivity contribution in [2.24, 2.45) is 5.92 Å². The summed E-state index contributed by atoms with van der Waals surface area (Å²) in [5.74, 6) is 2.35. The van der Waals surface area contributed by atoms with Crippen LogP contribution in [0.25, 0.3) is 0 Å². The van der Waals surface area contributed by atoms with Crippen LogP contribution < -0.4 is 14.8 Å². The predicted octanol–water partition coefficient (Wildman–Crippen LogP) is 3.35. The van der Waals surface area contributed by atoms with Crippen molar-refractivity contribution in [3.63, 3.8) is 0 Å². The van der Waals surface area contributed by atoms with Crippen LogP contribution in [-0.4, -0.2) is 44.8 Å². The highest BCUT2D eigenvalue weighted by Crippen LogP contribution is 2.38. The van der Waals surface area contributed by atoms with E-state index in [1.165, 1.54) is 37.9 Å². The van der Waals surface area contributed by atoms with Gasteiger partial charge in [0.15, 0.2) is 11.5 Å². The molecule has 0 aromatic heterocycles. The molecule has 1 aromatic rings. The lowest BCUT2D eigenvalue weighted by Gasteiger charge is -2.32. The van der Waals surface area contributed by atoms with Gasteiger partial charge in [0.2, 0.25) is 0 Å². The van der Waals surface area contributed by atoms with Gasteiger partial charge in [0, 0.05) is 6.54 Å². The highest BCUT2D eigenvalue weighted by molar-refractivity contribution is 6.32. The fraction of sp³-hybridized carbons (Fsp3) is 0.647. The summed E-state index contributed by atoms with van der Waals surface area (Å²) in [4.78, 5) is 2.51. The topological polar surface area (TPSA) is 33.7 Å². The van der Waals surface area contributed by atoms with Gasteiger partial charge in [-0.15, -0.1) is 12.4 Å². The van der Waals surface area contributed by atoms with E-state index in [9.17, 15) is 0 Å². The second-order valence-electron chi connectivity index (χ2n) is 6.21. The van der Waals surface area contributed by atoms with E-state index >= 15 is 0 Å². The van der Waals surface area contributed by atoms with Crippen molar-refractivity contribution in [3.05, 3.63) is 22.7 Å². The van der Waals surface area contributed by atoms with Gasteiger partial charge >= 0.3 is 0 Å². The van der Waals surface area contributed by atoms with E-state index in [1.807, 2.05) is 13.1 Å². The van der Waals surface area contributed by atoms with Crippen molar-refractivity contribution in [2.45, 2.75) is 25.8 Å². The average molecular weight is 361 g/mol. The molecule has 0 atom stereocenters. The minimum absolute atomic E-state index is 0. The Labute approximate surface area is 149 Å². The molecule has 0 bridgehead atoms. The molecule has 0 spiro atoms. The first-order valence-corrected chi connectivity index (χ1v) is 8.59. The van der Waals surface area contributed by atoms with Crippen molar-refractivity contribution < 1.29 is 9.47 Å². The molecule has 6 heteroatoms. The molecule has 0 radical (unpaired) electrons. The summed E-state index contributed by atoms with van der Waals surface area (Å²) in [6, 6.07) is 4.09. The molecule has 4 nitrogen and oxygen atoms in total. The normalized spacial score (nSPS) is 18.5. The first kappa shape index (κ1) is 18.7. The van der Waals surface area contributed by atoms with Crippen LogP contribution in [0.4, 0.5) is 0 Å². The molecular weight excluding hydrogens is 335 g/mol. The molecule has 2 aliphatic rings. The van der Waals surface area contributed by atoms with Crippen LogP contribution in [0.1, 0.15) is 24.8 Å². The van der Waals surface area contributed by atoms with Crippen molar-refractivity contribution in [3.8, 4) is 11.5 Å². The summed E-state index contributed by atoms with van der Waals surface area (Å²) in [6.07, 6.45) is 3.88. The van der Waals surface area contributed by atoms with E-state index in [0.717, 1.165) is 24.8 Å². The van der Waals surface area contributed by atoms with Gasteiger partial charge in [0.25, 0.3) is 0 Å². The Morgan fingerprint density at radius 2 is 1.96 bits per heavy atom. The number of nitrogens with zero attached hydrogens (tertiary/aromatic N) is 1. The van der Waals surface area contributed by atoms with E-state index in [4.69, 9.17) is 21.1 Å². The minimum Gasteiger partial charge on any atom is -0.486 e. The highest BCUT2D eigenvalue weighted by Gasteiger charge is 2.21. The van der Waals surface area contributed by atoms with Crippen molar-refractivity contribution in [1.29, 1.82) is 0 Å². The molecule has 3 rings (SSSR count). The van der Waals surface area contributed by atoms with Crippen LogP contribution in [0.15, 0.2) is 12.1 Å². The third kappa shape index (κ3) is 4.90. The smallest absolute Gasteiger partial charge is 0.179 e. The lowest BCUT2D eigenvalue weighted by Crippen LogP contribution is -2.34. The maximum Gasteiger partial charge on any atom is 0.179 e. The third-order valence-corrected chi connectivity index (χ3v) is 4.85. The largest absolute Gasteiger partial charge is 0.486 e. The quantitative estimate of drug-likeness (QED) is 0.872. The summed E-state index contributed by atoms with van der Waals surface area (Å²) in [5.41, 5.74) is 1.21. The lowest BCUT2D eigenvalue weighted by molar-refractivity contribution is 0.166. The van der Waals surface area contributed by atoms with Crippen molar-refractivity contribution in [2.75, 3.05) is 39.9 Å². The van der Waals surface area contributed by atoms with E-state index in [-0.39, 0.29) is 12.4 Å². The van der Waals surface area contributed by atoms with Gasteiger partial charge < -0.3 is 14.8 Å². The second kappa shape index (κ2) is 8.97. The molecule has 0 aliphatic carbocycles. The molecule has 1 N–H and O–H groups in total. The van der Waals surface area contributed by atoms with Gasteiger partial charge in [-0.1, -0.05) is 11.6 Å². The monoisotopic (exact) mass is 360 g/mol. The number of rotatable bonds is 5. The van der Waals surface area contributed by atoms with Gasteiger partial charge in [-0.05, 0) is 69.6 Å². The van der Waals surface area contributed by atoms with E-state index < -0.39 is 0 Å². The Morgan fingerprint density at radius 3 is 2.70 bits per heavy atom. The average Bonchev–Trinajstić information content (AvgIpc) is 2.54. The van der Waals surface area contributed by atoms with Gasteiger partial charge in [0.05, 0.1) is 5.02 Å². The number of hydrogen-bond acceptors (Lipinski definition) is 4. The van der Waals surface area contributed by atoms with Crippen LogP contribution in [0, 0.1) is 5.92 Å². The zero-order valence-electron chi connectivity index (χ0n) is 13.6. The van der Waals surface area contributed by atoms with Gasteiger partial charge in [0.1, 0.15) is 13.2 Å². The molecule has 2 aliphatic heterocycles. The summed E-state index contributed by atoms with van der Waals surface area (Å²) in [5, 5.41) is 3.91. The van der Waals surface area contributed by atoms with Crippen molar-refractivity contribution >= 4 is 24.0 Å². The first-order valence-electron chi connectivity index (χ1n) is 8.21. The Hall–Kier alpha value is -0.680. The van der Waals surface area contributed by atoms with Crippen LogP contribution in [0.2, 0.25) is 5.02 Å². The predicted molar refractivity (Wildman–Crippen MR) is 96.2 cm³/mol. The second-order valence-corrected chi connectivity index (χ2v) is 6.62. The number of benzene rings is 1. The molecule has 2 heterocycles. The number of ether oxygens (including phenoxy) is 2. The SMILES string of the molecule is CNCCC1CCN(Cc2cc(Cl)c3c(c2)OCCO3)CC1.Cl. The molecule has 0 unspecified atom stereocenters. The standard InChI is InChI=1S/C17H25ClN2O2.ClH/c1-19-5-2-13-3-6-20(7-4-13)12-14-10-15(18)17-16(11-14)21-8-9-22-17;/h10-11,13,19H,2-9,12H2,1H3;1H. The number of hydrogen-bond donors (Lipinski definition) is 1. The number of likely N-dealkylation sites (tertiary alicyclic amines) is 1.